The van der Waals surface area contributed by atoms with Crippen molar-refractivity contribution in [2.75, 3.05) is 5.33 Å². The van der Waals surface area contributed by atoms with Gasteiger partial charge in [0, 0.05) is 16.4 Å². The maximum atomic E-state index is 11.9. The van der Waals surface area contributed by atoms with Crippen molar-refractivity contribution in [3.63, 3.8) is 0 Å². The Balaban J connectivity index is 2.75. The second-order valence-electron chi connectivity index (χ2n) is 3.72. The van der Waals surface area contributed by atoms with Crippen LogP contribution in [-0.4, -0.2) is 22.4 Å². The molecule has 0 aliphatic carbocycles. The van der Waals surface area contributed by atoms with Crippen LogP contribution in [0, 0.1) is 0 Å². The molecule has 0 radical (unpaired) electrons. The topological polar surface area (TPSA) is 49.3 Å². The molecule has 0 bridgehead atoms. The average molecular weight is 321 g/mol. The van der Waals surface area contributed by atoms with Gasteiger partial charge in [0.1, 0.15) is 5.75 Å². The molecule has 1 aromatic carbocycles. The number of alkyl halides is 1. The normalized spacial score (nSPS) is 12.2. The van der Waals surface area contributed by atoms with E-state index in [-0.39, 0.29) is 23.3 Å². The number of carbonyl (C=O) groups is 1. The Kier molecular flexibility index (Phi) is 5.78. The van der Waals surface area contributed by atoms with Gasteiger partial charge in [0.2, 0.25) is 0 Å². The molecule has 0 aliphatic heterocycles. The van der Waals surface area contributed by atoms with E-state index in [0.717, 1.165) is 18.2 Å². The average Bonchev–Trinajstić information content (AvgIpc) is 2.28. The number of carbonyl (C=O) groups excluding carboxylic acids is 1. The summed E-state index contributed by atoms with van der Waals surface area (Å²) in [4.78, 5) is 11.9. The van der Waals surface area contributed by atoms with Gasteiger partial charge in [-0.05, 0) is 31.0 Å². The quantitative estimate of drug-likeness (QED) is 0.818. The molecule has 5 heteroatoms. The Morgan fingerprint density at radius 3 is 2.82 bits per heavy atom. The molecule has 1 amide bonds. The highest BCUT2D eigenvalue weighted by molar-refractivity contribution is 9.09. The zero-order valence-corrected chi connectivity index (χ0v) is 11.9. The zero-order chi connectivity index (χ0) is 12.8. The summed E-state index contributed by atoms with van der Waals surface area (Å²) in [5.41, 5.74) is 0.252. The Hall–Kier alpha value is -0.740. The fraction of sp³-hybridized carbons (Fsp3) is 0.417. The van der Waals surface area contributed by atoms with Gasteiger partial charge in [-0.25, -0.2) is 0 Å². The number of phenols is 1. The van der Waals surface area contributed by atoms with Crippen molar-refractivity contribution in [1.82, 2.24) is 5.32 Å². The van der Waals surface area contributed by atoms with Gasteiger partial charge >= 0.3 is 0 Å². The van der Waals surface area contributed by atoms with E-state index < -0.39 is 0 Å². The van der Waals surface area contributed by atoms with E-state index in [9.17, 15) is 9.90 Å². The smallest absolute Gasteiger partial charge is 0.255 e. The van der Waals surface area contributed by atoms with Crippen molar-refractivity contribution in [3.05, 3.63) is 28.8 Å². The lowest BCUT2D eigenvalue weighted by molar-refractivity contribution is 0.0932. The molecule has 0 saturated heterocycles. The molecule has 0 fully saturated rings. The van der Waals surface area contributed by atoms with E-state index in [4.69, 9.17) is 11.6 Å². The van der Waals surface area contributed by atoms with Crippen LogP contribution in [0.25, 0.3) is 0 Å². The van der Waals surface area contributed by atoms with Gasteiger partial charge in [-0.1, -0.05) is 34.5 Å². The van der Waals surface area contributed by atoms with Crippen LogP contribution < -0.4 is 5.32 Å². The van der Waals surface area contributed by atoms with Gasteiger partial charge in [0.05, 0.1) is 5.56 Å². The number of nitrogens with one attached hydrogen (secondary N) is 1. The number of phenolic OH excluding ortho intramolecular Hbond substituents is 1. The first-order chi connectivity index (χ1) is 8.08. The molecular weight excluding hydrogens is 305 g/mol. The lowest BCUT2D eigenvalue weighted by atomic mass is 10.1. The summed E-state index contributed by atoms with van der Waals surface area (Å²) in [5.74, 6) is -0.365. The first-order valence-corrected chi connectivity index (χ1v) is 6.93. The molecule has 1 unspecified atom stereocenters. The van der Waals surface area contributed by atoms with Crippen molar-refractivity contribution >= 4 is 33.4 Å². The SMILES string of the molecule is CCC(CCBr)NC(=O)c1ccc(Cl)cc1O. The van der Waals surface area contributed by atoms with Crippen LogP contribution in [0.1, 0.15) is 30.1 Å². The highest BCUT2D eigenvalue weighted by atomic mass is 79.9. The maximum absolute atomic E-state index is 11.9. The van der Waals surface area contributed by atoms with Crippen molar-refractivity contribution < 1.29 is 9.90 Å². The summed E-state index contributed by atoms with van der Waals surface area (Å²) in [6.07, 6.45) is 1.71. The third-order valence-electron chi connectivity index (χ3n) is 2.49. The van der Waals surface area contributed by atoms with Crippen LogP contribution in [0.4, 0.5) is 0 Å². The van der Waals surface area contributed by atoms with E-state index in [2.05, 4.69) is 21.2 Å². The van der Waals surface area contributed by atoms with E-state index in [1.165, 1.54) is 12.1 Å². The summed E-state index contributed by atoms with van der Waals surface area (Å²) in [7, 11) is 0. The van der Waals surface area contributed by atoms with Crippen molar-refractivity contribution in [2.24, 2.45) is 0 Å². The van der Waals surface area contributed by atoms with Gasteiger partial charge < -0.3 is 10.4 Å². The van der Waals surface area contributed by atoms with Crippen LogP contribution >= 0.6 is 27.5 Å². The molecule has 0 saturated carbocycles. The fourth-order valence-corrected chi connectivity index (χ4v) is 2.19. The minimum absolute atomic E-state index is 0.0938. The molecule has 0 spiro atoms. The highest BCUT2D eigenvalue weighted by Crippen LogP contribution is 2.22. The first kappa shape index (κ1) is 14.3. The number of aromatic hydroxyl groups is 1. The summed E-state index contributed by atoms with van der Waals surface area (Å²) in [6, 6.07) is 4.58. The fourth-order valence-electron chi connectivity index (χ4n) is 1.47. The number of benzene rings is 1. The number of hydrogen-bond acceptors (Lipinski definition) is 2. The third-order valence-corrected chi connectivity index (χ3v) is 3.18. The predicted octanol–water partition coefficient (Wildman–Crippen LogP) is 3.34. The lowest BCUT2D eigenvalue weighted by Gasteiger charge is -2.16. The Labute approximate surface area is 114 Å². The Bertz CT molecular complexity index is 398. The van der Waals surface area contributed by atoms with Crippen LogP contribution in [-0.2, 0) is 0 Å². The summed E-state index contributed by atoms with van der Waals surface area (Å²) < 4.78 is 0. The third kappa shape index (κ3) is 4.21. The minimum Gasteiger partial charge on any atom is -0.507 e. The molecule has 3 nitrogen and oxygen atoms in total. The van der Waals surface area contributed by atoms with E-state index in [1.54, 1.807) is 6.07 Å². The summed E-state index contributed by atoms with van der Waals surface area (Å²) in [5, 5.41) is 13.7. The highest BCUT2D eigenvalue weighted by Gasteiger charge is 2.14. The first-order valence-electron chi connectivity index (χ1n) is 5.43. The van der Waals surface area contributed by atoms with E-state index >= 15 is 0 Å². The van der Waals surface area contributed by atoms with Crippen LogP contribution in [0.5, 0.6) is 5.75 Å². The zero-order valence-electron chi connectivity index (χ0n) is 9.54. The van der Waals surface area contributed by atoms with Crippen LogP contribution in [0.3, 0.4) is 0 Å². The number of rotatable bonds is 5. The molecule has 1 rings (SSSR count). The van der Waals surface area contributed by atoms with Gasteiger partial charge in [0.15, 0.2) is 0 Å². The van der Waals surface area contributed by atoms with Crippen LogP contribution in [0.2, 0.25) is 5.02 Å². The maximum Gasteiger partial charge on any atom is 0.255 e. The van der Waals surface area contributed by atoms with E-state index in [1.807, 2.05) is 6.92 Å². The molecular formula is C12H15BrClNO2. The van der Waals surface area contributed by atoms with Gasteiger partial charge in [-0.15, -0.1) is 0 Å². The summed E-state index contributed by atoms with van der Waals surface area (Å²) in [6.45, 7) is 2.01. The number of hydrogen-bond donors (Lipinski definition) is 2. The molecule has 17 heavy (non-hydrogen) atoms. The molecule has 1 aromatic rings. The second kappa shape index (κ2) is 6.87. The van der Waals surface area contributed by atoms with E-state index in [0.29, 0.717) is 5.02 Å². The van der Waals surface area contributed by atoms with Gasteiger partial charge in [-0.3, -0.25) is 4.79 Å². The molecule has 0 aliphatic rings. The number of amides is 1. The van der Waals surface area contributed by atoms with Gasteiger partial charge in [-0.2, -0.15) is 0 Å². The Morgan fingerprint density at radius 1 is 1.59 bits per heavy atom. The second-order valence-corrected chi connectivity index (χ2v) is 4.95. The molecule has 0 aromatic heterocycles. The Morgan fingerprint density at radius 2 is 2.29 bits per heavy atom. The molecule has 1 atom stereocenters. The molecule has 2 N–H and O–H groups in total. The minimum atomic E-state index is -0.271. The van der Waals surface area contributed by atoms with Crippen molar-refractivity contribution in [3.8, 4) is 5.75 Å². The molecule has 0 heterocycles. The molecule has 94 valence electrons. The number of halogens is 2. The van der Waals surface area contributed by atoms with Crippen molar-refractivity contribution in [1.29, 1.82) is 0 Å². The van der Waals surface area contributed by atoms with Gasteiger partial charge in [0.25, 0.3) is 5.91 Å². The largest absolute Gasteiger partial charge is 0.507 e. The van der Waals surface area contributed by atoms with Crippen LogP contribution in [0.15, 0.2) is 18.2 Å². The predicted molar refractivity (Wildman–Crippen MR) is 73.1 cm³/mol. The standard InChI is InChI=1S/C12H15BrClNO2/c1-2-9(5-6-13)15-12(17)10-4-3-8(14)7-11(10)16/h3-4,7,9,16H,2,5-6H2,1H3,(H,15,17). The van der Waals surface area contributed by atoms with Crippen molar-refractivity contribution in [2.45, 2.75) is 25.8 Å². The summed E-state index contributed by atoms with van der Waals surface area (Å²) >= 11 is 9.05. The lowest BCUT2D eigenvalue weighted by Crippen LogP contribution is -2.34. The monoisotopic (exact) mass is 319 g/mol.